The Bertz CT molecular complexity index is 1430. The van der Waals surface area contributed by atoms with Crippen LogP contribution in [-0.2, 0) is 20.2 Å². The van der Waals surface area contributed by atoms with Crippen molar-refractivity contribution in [1.82, 2.24) is 0 Å². The molecule has 0 bridgehead atoms. The van der Waals surface area contributed by atoms with E-state index in [2.05, 4.69) is 6.58 Å². The van der Waals surface area contributed by atoms with Gasteiger partial charge in [-0.05, 0) is 29.7 Å². The summed E-state index contributed by atoms with van der Waals surface area (Å²) in [6, 6.07) is 3.98. The van der Waals surface area contributed by atoms with E-state index >= 15 is 0 Å². The van der Waals surface area contributed by atoms with Gasteiger partial charge >= 0.3 is 0 Å². The molecule has 0 aliphatic rings. The molecule has 0 unspecified atom stereocenters. The van der Waals surface area contributed by atoms with Crippen LogP contribution in [0.15, 0.2) is 46.7 Å². The van der Waals surface area contributed by atoms with E-state index in [-0.39, 0.29) is 10.8 Å². The third-order valence-electron chi connectivity index (χ3n) is 4.13. The summed E-state index contributed by atoms with van der Waals surface area (Å²) < 4.78 is 126. The molecule has 2 N–H and O–H groups in total. The van der Waals surface area contributed by atoms with Crippen molar-refractivity contribution >= 4 is 37.1 Å². The molecule has 0 aromatic heterocycles. The fourth-order valence-corrected chi connectivity index (χ4v) is 3.74. The van der Waals surface area contributed by atoms with Gasteiger partial charge in [0.2, 0.25) is 17.4 Å². The smallest absolute Gasteiger partial charge is 0.294 e. The van der Waals surface area contributed by atoms with E-state index in [1.807, 2.05) is 0 Å². The summed E-state index contributed by atoms with van der Waals surface area (Å²) in [5.41, 5.74) is -1.10. The van der Waals surface area contributed by atoms with Crippen LogP contribution in [0.5, 0.6) is 11.5 Å². The Morgan fingerprint density at radius 3 is 1.81 bits per heavy atom. The van der Waals surface area contributed by atoms with Crippen LogP contribution in [0.2, 0.25) is 0 Å². The minimum Gasteiger partial charge on any atom is -0.450 e. The maximum atomic E-state index is 14.3. The lowest BCUT2D eigenvalue weighted by Gasteiger charge is -2.14. The highest BCUT2D eigenvalue weighted by molar-refractivity contribution is 7.86. The first-order valence-electron chi connectivity index (χ1n) is 7.94. The summed E-state index contributed by atoms with van der Waals surface area (Å²) in [4.78, 5) is -1.57. The molecule has 0 spiro atoms. The predicted octanol–water partition coefficient (Wildman–Crippen LogP) is 4.32. The molecule has 3 aromatic rings. The summed E-state index contributed by atoms with van der Waals surface area (Å²) in [5, 5.41) is -0.447. The van der Waals surface area contributed by atoms with Crippen molar-refractivity contribution in [3.8, 4) is 11.5 Å². The van der Waals surface area contributed by atoms with Crippen LogP contribution in [0.4, 0.5) is 17.6 Å². The number of fused-ring (bicyclic) bond motifs is 1. The van der Waals surface area contributed by atoms with E-state index in [9.17, 15) is 39.0 Å². The largest absolute Gasteiger partial charge is 0.450 e. The van der Waals surface area contributed by atoms with Crippen LogP contribution in [0, 0.1) is 23.3 Å². The maximum absolute atomic E-state index is 14.3. The highest BCUT2D eigenvalue weighted by Gasteiger charge is 2.27. The van der Waals surface area contributed by atoms with Crippen LogP contribution >= 0.6 is 0 Å². The monoisotopic (exact) mass is 478 g/mol. The van der Waals surface area contributed by atoms with Crippen molar-refractivity contribution in [3.05, 3.63) is 65.7 Å². The number of ether oxygens (including phenoxy) is 1. The van der Waals surface area contributed by atoms with Crippen molar-refractivity contribution in [1.29, 1.82) is 0 Å². The third-order valence-corrected chi connectivity index (χ3v) is 5.81. The Kier molecular flexibility index (Phi) is 5.56. The zero-order valence-corrected chi connectivity index (χ0v) is 16.6. The second-order valence-corrected chi connectivity index (χ2v) is 8.90. The number of benzene rings is 3. The quantitative estimate of drug-likeness (QED) is 0.318. The van der Waals surface area contributed by atoms with Gasteiger partial charge in [0.15, 0.2) is 11.6 Å². The third kappa shape index (κ3) is 4.12. The Labute approximate surface area is 172 Å². The number of hydrogen-bond acceptors (Lipinski definition) is 5. The summed E-state index contributed by atoms with van der Waals surface area (Å²) in [6.07, 6.45) is 0.534. The highest BCUT2D eigenvalue weighted by atomic mass is 32.2. The molecular formula is C18H10F4O7S2. The van der Waals surface area contributed by atoms with E-state index in [0.717, 1.165) is 24.3 Å². The van der Waals surface area contributed by atoms with Crippen LogP contribution in [0.25, 0.3) is 16.8 Å². The molecule has 0 heterocycles. The first-order valence-corrected chi connectivity index (χ1v) is 10.8. The van der Waals surface area contributed by atoms with E-state index in [1.165, 1.54) is 0 Å². The molecular weight excluding hydrogens is 468 g/mol. The average molecular weight is 478 g/mol. The maximum Gasteiger partial charge on any atom is 0.294 e. The number of rotatable bonds is 5. The lowest BCUT2D eigenvalue weighted by Crippen LogP contribution is -2.05. The fourth-order valence-electron chi connectivity index (χ4n) is 2.69. The molecule has 7 nitrogen and oxygen atoms in total. The molecule has 31 heavy (non-hydrogen) atoms. The first kappa shape index (κ1) is 22.7. The van der Waals surface area contributed by atoms with E-state index in [4.69, 9.17) is 9.29 Å². The first-order chi connectivity index (χ1) is 14.3. The van der Waals surface area contributed by atoms with E-state index < -0.39 is 70.4 Å². The molecule has 0 radical (unpaired) electrons. The van der Waals surface area contributed by atoms with Crippen molar-refractivity contribution in [2.45, 2.75) is 9.79 Å². The van der Waals surface area contributed by atoms with Crippen LogP contribution in [0.1, 0.15) is 5.56 Å². The lowest BCUT2D eigenvalue weighted by molar-refractivity contribution is 0.366. The molecule has 3 aromatic carbocycles. The lowest BCUT2D eigenvalue weighted by atomic mass is 10.1. The minimum absolute atomic E-state index is 0.174. The molecule has 0 saturated heterocycles. The Morgan fingerprint density at radius 2 is 1.32 bits per heavy atom. The highest BCUT2D eigenvalue weighted by Crippen LogP contribution is 2.38. The predicted molar refractivity (Wildman–Crippen MR) is 100 cm³/mol. The van der Waals surface area contributed by atoms with Gasteiger partial charge < -0.3 is 4.74 Å². The van der Waals surface area contributed by atoms with Gasteiger partial charge in [0.1, 0.15) is 5.75 Å². The fraction of sp³-hybridized carbons (Fsp3) is 0. The van der Waals surface area contributed by atoms with Gasteiger partial charge in [0.05, 0.1) is 15.4 Å². The van der Waals surface area contributed by atoms with Gasteiger partial charge in [-0.2, -0.15) is 25.6 Å². The summed E-state index contributed by atoms with van der Waals surface area (Å²) in [6.45, 7) is 3.04. The Balaban J connectivity index is 2.34. The zero-order chi connectivity index (χ0) is 23.3. The van der Waals surface area contributed by atoms with Crippen molar-refractivity contribution in [2.75, 3.05) is 0 Å². The second kappa shape index (κ2) is 7.60. The standard InChI is InChI=1S/C18H10F4O7S2/c1-2-11-14(19)16(21)18(17(22)15(11)20)29-13-7-10(31(26,27)28)6-8-5-9(30(23,24)25)3-4-12(8)13/h2-7H,1H2,(H,23,24,25)(H,26,27,28). The topological polar surface area (TPSA) is 118 Å². The molecule has 0 atom stereocenters. The van der Waals surface area contributed by atoms with Gasteiger partial charge in [0, 0.05) is 11.5 Å². The summed E-state index contributed by atoms with van der Waals surface area (Å²) in [5.74, 6) is -9.81. The normalized spacial score (nSPS) is 12.2. The van der Waals surface area contributed by atoms with Crippen LogP contribution in [-0.4, -0.2) is 25.9 Å². The van der Waals surface area contributed by atoms with E-state index in [1.54, 1.807) is 0 Å². The van der Waals surface area contributed by atoms with Crippen molar-refractivity contribution in [3.63, 3.8) is 0 Å². The molecule has 0 fully saturated rings. The number of hydrogen-bond donors (Lipinski definition) is 2. The van der Waals surface area contributed by atoms with Gasteiger partial charge in [-0.25, -0.2) is 8.78 Å². The molecule has 0 aliphatic carbocycles. The van der Waals surface area contributed by atoms with Crippen LogP contribution < -0.4 is 4.74 Å². The summed E-state index contributed by atoms with van der Waals surface area (Å²) >= 11 is 0. The van der Waals surface area contributed by atoms with E-state index in [0.29, 0.717) is 12.1 Å². The van der Waals surface area contributed by atoms with Gasteiger partial charge in [-0.3, -0.25) is 9.11 Å². The Morgan fingerprint density at radius 1 is 0.806 bits per heavy atom. The van der Waals surface area contributed by atoms with Crippen molar-refractivity contribution in [2.24, 2.45) is 0 Å². The average Bonchev–Trinajstić information content (AvgIpc) is 2.68. The SMILES string of the molecule is C=Cc1c(F)c(F)c(Oc2cc(S(=O)(=O)O)cc3cc(S(=O)(=O)O)ccc23)c(F)c1F. The second-order valence-electron chi connectivity index (χ2n) is 6.06. The van der Waals surface area contributed by atoms with Gasteiger partial charge in [-0.15, -0.1) is 0 Å². The molecule has 13 heteroatoms. The van der Waals surface area contributed by atoms with Gasteiger partial charge in [-0.1, -0.05) is 12.7 Å². The molecule has 0 saturated carbocycles. The summed E-state index contributed by atoms with van der Waals surface area (Å²) in [7, 11) is -9.67. The Hall–Kier alpha value is -3.00. The van der Waals surface area contributed by atoms with Crippen LogP contribution in [0.3, 0.4) is 0 Å². The van der Waals surface area contributed by atoms with Crippen molar-refractivity contribution < 1.29 is 48.2 Å². The zero-order valence-electron chi connectivity index (χ0n) is 14.9. The molecule has 164 valence electrons. The molecule has 3 rings (SSSR count). The number of halogens is 4. The molecule has 0 aliphatic heterocycles. The molecule has 0 amide bonds. The van der Waals surface area contributed by atoms with Gasteiger partial charge in [0.25, 0.3) is 20.2 Å². The minimum atomic E-state index is -4.95.